The van der Waals surface area contributed by atoms with Crippen LogP contribution in [0.5, 0.6) is 0 Å². The Morgan fingerprint density at radius 2 is 1.85 bits per heavy atom. The zero-order valence-electron chi connectivity index (χ0n) is 7.06. The third-order valence-electron chi connectivity index (χ3n) is 0.669. The van der Waals surface area contributed by atoms with Gasteiger partial charge >= 0.3 is 5.97 Å². The molecule has 0 saturated carbocycles. The van der Waals surface area contributed by atoms with E-state index in [0.717, 1.165) is 12.2 Å². The molecular formula is C8H11O5-. The molecule has 0 atom stereocenters. The van der Waals surface area contributed by atoms with Gasteiger partial charge in [0.25, 0.3) is 0 Å². The highest BCUT2D eigenvalue weighted by Crippen LogP contribution is 1.75. The second-order valence-corrected chi connectivity index (χ2v) is 1.62. The van der Waals surface area contributed by atoms with E-state index in [2.05, 4.69) is 17.9 Å². The molecular weight excluding hydrogens is 176 g/mol. The Hall–Kier alpha value is -1.62. The highest BCUT2D eigenvalue weighted by Gasteiger charge is 1.90. The molecule has 0 saturated heterocycles. The predicted molar refractivity (Wildman–Crippen MR) is 43.4 cm³/mol. The molecule has 0 unspecified atom stereocenters. The highest BCUT2D eigenvalue weighted by molar-refractivity contribution is 5.81. The first-order valence-corrected chi connectivity index (χ1v) is 3.32. The van der Waals surface area contributed by atoms with Gasteiger partial charge < -0.3 is 19.7 Å². The van der Waals surface area contributed by atoms with Gasteiger partial charge in [0.15, 0.2) is 0 Å². The minimum Gasteiger partial charge on any atom is -0.545 e. The monoisotopic (exact) mass is 187 g/mol. The molecule has 0 aliphatic heterocycles. The molecule has 1 N–H and O–H groups in total. The lowest BCUT2D eigenvalue weighted by Gasteiger charge is -1.94. The molecule has 0 aromatic carbocycles. The normalized spacial score (nSPS) is 7.46. The van der Waals surface area contributed by atoms with Crippen molar-refractivity contribution in [1.29, 1.82) is 0 Å². The third kappa shape index (κ3) is 17.9. The van der Waals surface area contributed by atoms with Crippen molar-refractivity contribution in [3.8, 4) is 0 Å². The van der Waals surface area contributed by atoms with E-state index in [1.165, 1.54) is 0 Å². The van der Waals surface area contributed by atoms with Crippen molar-refractivity contribution in [2.24, 2.45) is 0 Å². The zero-order valence-corrected chi connectivity index (χ0v) is 7.06. The number of aliphatic carboxylic acids is 1. The summed E-state index contributed by atoms with van der Waals surface area (Å²) in [5.74, 6) is -1.73. The van der Waals surface area contributed by atoms with E-state index in [4.69, 9.17) is 15.0 Å². The summed E-state index contributed by atoms with van der Waals surface area (Å²) in [4.78, 5) is 19.3. The quantitative estimate of drug-likeness (QED) is 0.433. The fraction of sp³-hybridized carbons (Fsp3) is 0.250. The smallest absolute Gasteiger partial charge is 0.330 e. The number of aliphatic hydroxyl groups excluding tert-OH is 1. The number of carbonyl (C=O) groups excluding carboxylic acids is 2. The number of carboxylic acid groups (broad SMARTS) is 1. The van der Waals surface area contributed by atoms with Crippen molar-refractivity contribution < 1.29 is 24.5 Å². The minimum absolute atomic E-state index is 0.0465. The van der Waals surface area contributed by atoms with Crippen molar-refractivity contribution in [1.82, 2.24) is 0 Å². The molecule has 5 nitrogen and oxygen atoms in total. The van der Waals surface area contributed by atoms with Gasteiger partial charge in [-0.05, 0) is 6.08 Å². The second kappa shape index (κ2) is 10.4. The van der Waals surface area contributed by atoms with E-state index < -0.39 is 11.9 Å². The van der Waals surface area contributed by atoms with Crippen LogP contribution in [-0.4, -0.2) is 30.3 Å². The Morgan fingerprint density at radius 3 is 2.08 bits per heavy atom. The van der Waals surface area contributed by atoms with Crippen LogP contribution < -0.4 is 5.11 Å². The summed E-state index contributed by atoms with van der Waals surface area (Å²) in [5, 5.41) is 17.2. The maximum absolute atomic E-state index is 10.1. The minimum atomic E-state index is -1.23. The number of carboxylic acids is 1. The number of hydrogen-bond donors (Lipinski definition) is 1. The van der Waals surface area contributed by atoms with Crippen molar-refractivity contribution >= 4 is 11.9 Å². The SMILES string of the molecule is C=CC(=O)OCCO.C=CC(=O)[O-]. The summed E-state index contributed by atoms with van der Waals surface area (Å²) < 4.78 is 4.33. The molecule has 0 aliphatic carbocycles. The number of aliphatic hydroxyl groups is 1. The van der Waals surface area contributed by atoms with Crippen molar-refractivity contribution in [3.05, 3.63) is 25.3 Å². The Morgan fingerprint density at radius 1 is 1.38 bits per heavy atom. The molecule has 0 aromatic heterocycles. The zero-order chi connectivity index (χ0) is 10.7. The number of rotatable bonds is 4. The van der Waals surface area contributed by atoms with E-state index in [-0.39, 0.29) is 13.2 Å². The van der Waals surface area contributed by atoms with Crippen LogP contribution in [0.4, 0.5) is 0 Å². The van der Waals surface area contributed by atoms with Crippen LogP contribution in [0.1, 0.15) is 0 Å². The van der Waals surface area contributed by atoms with Crippen LogP contribution >= 0.6 is 0 Å². The van der Waals surface area contributed by atoms with Gasteiger partial charge in [-0.2, -0.15) is 0 Å². The maximum Gasteiger partial charge on any atom is 0.330 e. The van der Waals surface area contributed by atoms with Gasteiger partial charge in [0.1, 0.15) is 6.61 Å². The Bertz CT molecular complexity index is 185. The Balaban J connectivity index is 0. The van der Waals surface area contributed by atoms with Crippen LogP contribution in [0.25, 0.3) is 0 Å². The molecule has 0 radical (unpaired) electrons. The molecule has 0 rings (SSSR count). The Labute approximate surface area is 75.9 Å². The number of esters is 1. The summed E-state index contributed by atoms with van der Waals surface area (Å²) in [6, 6.07) is 0. The van der Waals surface area contributed by atoms with Crippen LogP contribution in [-0.2, 0) is 14.3 Å². The molecule has 0 amide bonds. The van der Waals surface area contributed by atoms with E-state index in [0.29, 0.717) is 0 Å². The van der Waals surface area contributed by atoms with Crippen LogP contribution in [0.3, 0.4) is 0 Å². The topological polar surface area (TPSA) is 86.7 Å². The first-order valence-electron chi connectivity index (χ1n) is 3.32. The molecule has 0 fully saturated rings. The molecule has 5 heteroatoms. The summed E-state index contributed by atoms with van der Waals surface area (Å²) in [5.41, 5.74) is 0. The van der Waals surface area contributed by atoms with Gasteiger partial charge in [-0.15, -0.1) is 0 Å². The van der Waals surface area contributed by atoms with Crippen LogP contribution in [0, 0.1) is 0 Å². The van der Waals surface area contributed by atoms with Gasteiger partial charge in [-0.25, -0.2) is 4.79 Å². The summed E-state index contributed by atoms with van der Waals surface area (Å²) in [6.45, 7) is 5.96. The molecule has 74 valence electrons. The Kier molecular flexibility index (Phi) is 11.1. The van der Waals surface area contributed by atoms with E-state index >= 15 is 0 Å². The summed E-state index contributed by atoms with van der Waals surface area (Å²) in [7, 11) is 0. The molecule has 13 heavy (non-hydrogen) atoms. The standard InChI is InChI=1S/C5H8O3.C3H4O2/c1-2-5(7)8-4-3-6;1-2-3(4)5/h2,6H,1,3-4H2;2H,1H2,(H,4,5)/p-1. The van der Waals surface area contributed by atoms with Crippen molar-refractivity contribution in [2.75, 3.05) is 13.2 Å². The summed E-state index contributed by atoms with van der Waals surface area (Å²) >= 11 is 0. The predicted octanol–water partition coefficient (Wildman–Crippen LogP) is -1.37. The summed E-state index contributed by atoms with van der Waals surface area (Å²) in [6.07, 6.45) is 1.77. The molecule has 0 bridgehead atoms. The lowest BCUT2D eigenvalue weighted by atomic mass is 10.6. The van der Waals surface area contributed by atoms with Crippen molar-refractivity contribution in [2.45, 2.75) is 0 Å². The molecule has 0 heterocycles. The largest absolute Gasteiger partial charge is 0.545 e. The number of hydrogen-bond acceptors (Lipinski definition) is 5. The van der Waals surface area contributed by atoms with Crippen LogP contribution in [0.2, 0.25) is 0 Å². The molecule has 0 aliphatic rings. The number of ether oxygens (including phenoxy) is 1. The van der Waals surface area contributed by atoms with Gasteiger partial charge in [0.05, 0.1) is 12.6 Å². The van der Waals surface area contributed by atoms with Crippen molar-refractivity contribution in [3.63, 3.8) is 0 Å². The average molecular weight is 187 g/mol. The molecule has 0 aromatic rings. The highest BCUT2D eigenvalue weighted by atomic mass is 16.5. The van der Waals surface area contributed by atoms with E-state index in [1.807, 2.05) is 0 Å². The maximum atomic E-state index is 10.1. The third-order valence-corrected chi connectivity index (χ3v) is 0.669. The lowest BCUT2D eigenvalue weighted by Crippen LogP contribution is -2.17. The average Bonchev–Trinajstić information content (AvgIpc) is 2.15. The first kappa shape index (κ1) is 13.9. The van der Waals surface area contributed by atoms with Gasteiger partial charge in [-0.1, -0.05) is 13.2 Å². The fourth-order valence-electron chi connectivity index (χ4n) is 0.205. The first-order chi connectivity index (χ1) is 6.08. The number of carbonyl (C=O) groups is 2. The van der Waals surface area contributed by atoms with Crippen LogP contribution in [0.15, 0.2) is 25.3 Å². The van der Waals surface area contributed by atoms with Gasteiger partial charge in [-0.3, -0.25) is 0 Å². The van der Waals surface area contributed by atoms with Gasteiger partial charge in [0.2, 0.25) is 0 Å². The van der Waals surface area contributed by atoms with E-state index in [1.54, 1.807) is 0 Å². The molecule has 0 spiro atoms. The second-order valence-electron chi connectivity index (χ2n) is 1.62. The fourth-order valence-corrected chi connectivity index (χ4v) is 0.205. The lowest BCUT2D eigenvalue weighted by molar-refractivity contribution is -0.297. The van der Waals surface area contributed by atoms with Gasteiger partial charge in [0, 0.05) is 6.08 Å². The van der Waals surface area contributed by atoms with E-state index in [9.17, 15) is 4.79 Å².